The van der Waals surface area contributed by atoms with Crippen molar-refractivity contribution in [2.75, 3.05) is 7.11 Å². The Bertz CT molecular complexity index is 1060. The van der Waals surface area contributed by atoms with Crippen LogP contribution < -0.4 is 10.6 Å². The van der Waals surface area contributed by atoms with Gasteiger partial charge in [0, 0.05) is 33.9 Å². The third-order valence-electron chi connectivity index (χ3n) is 5.03. The van der Waals surface area contributed by atoms with Crippen LogP contribution in [0.4, 0.5) is 0 Å². The zero-order chi connectivity index (χ0) is 18.8. The lowest BCUT2D eigenvalue weighted by atomic mass is 10.00. The Kier molecular flexibility index (Phi) is 5.24. The molecule has 0 N–H and O–H groups in total. The third-order valence-corrected chi connectivity index (χ3v) is 6.95. The van der Waals surface area contributed by atoms with E-state index in [-0.39, 0.29) is 5.97 Å². The van der Waals surface area contributed by atoms with E-state index in [1.165, 1.54) is 40.3 Å². The second-order valence-electron chi connectivity index (χ2n) is 6.53. The van der Waals surface area contributed by atoms with Crippen LogP contribution >= 0.6 is 23.1 Å². The van der Waals surface area contributed by atoms with Crippen LogP contribution in [-0.2, 0) is 16.1 Å². The molecule has 138 valence electrons. The molecule has 1 aliphatic carbocycles. The van der Waals surface area contributed by atoms with Crippen LogP contribution in [0, 0.1) is 11.3 Å². The lowest BCUT2D eigenvalue weighted by Crippen LogP contribution is -2.32. The maximum Gasteiger partial charge on any atom is 0.307 e. The van der Waals surface area contributed by atoms with Crippen molar-refractivity contribution >= 4 is 41.2 Å². The molecule has 2 aromatic heterocycles. The molecule has 0 radical (unpaired) electrons. The van der Waals surface area contributed by atoms with Gasteiger partial charge in [-0.3, -0.25) is 4.79 Å². The summed E-state index contributed by atoms with van der Waals surface area (Å²) in [6.45, 7) is 0.595. The number of hydrogen-bond donors (Lipinski definition) is 0. The van der Waals surface area contributed by atoms with Gasteiger partial charge in [0.25, 0.3) is 0 Å². The number of aromatic nitrogens is 1. The van der Waals surface area contributed by atoms with Crippen molar-refractivity contribution < 1.29 is 9.53 Å². The smallest absolute Gasteiger partial charge is 0.307 e. The second-order valence-corrected chi connectivity index (χ2v) is 8.56. The highest BCUT2D eigenvalue weighted by Crippen LogP contribution is 2.42. The molecule has 0 saturated heterocycles. The van der Waals surface area contributed by atoms with Crippen LogP contribution in [-0.4, -0.2) is 17.6 Å². The van der Waals surface area contributed by atoms with Crippen molar-refractivity contribution in [1.29, 1.82) is 5.26 Å². The number of fused-ring (bicyclic) bond motifs is 1. The number of thiophene rings is 1. The first-order valence-electron chi connectivity index (χ1n) is 9.02. The molecule has 0 spiro atoms. The van der Waals surface area contributed by atoms with Crippen LogP contribution in [0.2, 0.25) is 0 Å². The Morgan fingerprint density at radius 2 is 2.26 bits per heavy atom. The molecular weight excluding hydrogens is 376 g/mol. The minimum atomic E-state index is -0.199. The summed E-state index contributed by atoms with van der Waals surface area (Å²) in [5.41, 5.74) is 3.41. The molecule has 1 atom stereocenters. The minimum absolute atomic E-state index is 0.199. The predicted molar refractivity (Wildman–Crippen MR) is 111 cm³/mol. The van der Waals surface area contributed by atoms with E-state index in [2.05, 4.69) is 40.3 Å². The fourth-order valence-electron chi connectivity index (χ4n) is 3.87. The Labute approximate surface area is 166 Å². The standard InChI is InChI=1S/C21H20N2O2S2/c1-25-19(24)8-10-23-16-6-3-2-5-14(16)20(15-9-12-27-18(15)13-22)21(23)17-7-4-11-26-17/h4-6,9,11-12,17H,2-3,7-8,10H2,1H3. The second kappa shape index (κ2) is 7.79. The van der Waals surface area contributed by atoms with Gasteiger partial charge in [-0.25, -0.2) is 0 Å². The van der Waals surface area contributed by atoms with E-state index in [0.717, 1.165) is 29.7 Å². The summed E-state index contributed by atoms with van der Waals surface area (Å²) in [5.74, 6) is -0.199. The fourth-order valence-corrected chi connectivity index (χ4v) is 5.57. The largest absolute Gasteiger partial charge is 0.469 e. The quantitative estimate of drug-likeness (QED) is 0.723. The molecule has 4 rings (SSSR count). The van der Waals surface area contributed by atoms with E-state index in [1.807, 2.05) is 17.1 Å². The first kappa shape index (κ1) is 18.1. The van der Waals surface area contributed by atoms with Gasteiger partial charge >= 0.3 is 5.97 Å². The molecule has 1 unspecified atom stereocenters. The molecule has 2 aromatic rings. The molecule has 0 aromatic carbocycles. The van der Waals surface area contributed by atoms with Gasteiger partial charge in [0.2, 0.25) is 0 Å². The number of thioether (sulfide) groups is 1. The highest BCUT2D eigenvalue weighted by Gasteiger charge is 2.27. The number of allylic oxidation sites excluding steroid dienone is 1. The molecular formula is C21H20N2O2S2. The third kappa shape index (κ3) is 3.26. The summed E-state index contributed by atoms with van der Waals surface area (Å²) in [7, 11) is 1.43. The maximum absolute atomic E-state index is 11.8. The molecule has 3 heterocycles. The highest BCUT2D eigenvalue weighted by molar-refractivity contribution is 8.02. The number of carbonyl (C=O) groups excluding carboxylic acids is 1. The number of ether oxygens (including phenoxy) is 1. The lowest BCUT2D eigenvalue weighted by molar-refractivity contribution is -0.140. The van der Waals surface area contributed by atoms with Crippen molar-refractivity contribution in [1.82, 2.24) is 4.57 Å². The monoisotopic (exact) mass is 396 g/mol. The number of methoxy groups -OCH3 is 1. The first-order chi connectivity index (χ1) is 13.2. The van der Waals surface area contributed by atoms with Crippen molar-refractivity contribution in [2.24, 2.45) is 0 Å². The van der Waals surface area contributed by atoms with Crippen LogP contribution in [0.3, 0.4) is 0 Å². The number of hydrogen-bond acceptors (Lipinski definition) is 5. The van der Waals surface area contributed by atoms with Gasteiger partial charge in [0.1, 0.15) is 10.9 Å². The fraction of sp³-hybridized carbons (Fsp3) is 0.333. The van der Waals surface area contributed by atoms with Crippen LogP contribution in [0.25, 0.3) is 23.3 Å². The average molecular weight is 397 g/mol. The summed E-state index contributed by atoms with van der Waals surface area (Å²) in [5, 5.41) is 16.4. The number of nitriles is 1. The molecule has 0 bridgehead atoms. The first-order valence-corrected chi connectivity index (χ1v) is 10.8. The van der Waals surface area contributed by atoms with E-state index in [0.29, 0.717) is 18.2 Å². The Morgan fingerprint density at radius 1 is 1.41 bits per heavy atom. The van der Waals surface area contributed by atoms with Gasteiger partial charge in [-0.2, -0.15) is 5.26 Å². The van der Waals surface area contributed by atoms with Crippen molar-refractivity contribution in [3.8, 4) is 17.2 Å². The van der Waals surface area contributed by atoms with Gasteiger partial charge in [-0.15, -0.1) is 23.1 Å². The Balaban J connectivity index is 1.96. The Hall–Kier alpha value is -2.23. The normalized spacial score (nSPS) is 17.7. The topological polar surface area (TPSA) is 55.0 Å². The minimum Gasteiger partial charge on any atom is -0.469 e. The summed E-state index contributed by atoms with van der Waals surface area (Å²) in [6, 6.07) is 4.41. The molecule has 4 nitrogen and oxygen atoms in total. The van der Waals surface area contributed by atoms with Gasteiger partial charge < -0.3 is 9.30 Å². The van der Waals surface area contributed by atoms with Crippen molar-refractivity contribution in [3.05, 3.63) is 44.1 Å². The van der Waals surface area contributed by atoms with E-state index in [9.17, 15) is 10.1 Å². The van der Waals surface area contributed by atoms with Gasteiger partial charge in [0.05, 0.1) is 18.8 Å². The average Bonchev–Trinajstić information content (AvgIpc) is 3.43. The van der Waals surface area contributed by atoms with Crippen molar-refractivity contribution in [2.45, 2.75) is 37.5 Å². The van der Waals surface area contributed by atoms with E-state index in [4.69, 9.17) is 4.74 Å². The van der Waals surface area contributed by atoms with Gasteiger partial charge in [-0.05, 0) is 36.1 Å². The Morgan fingerprint density at radius 3 is 3.00 bits per heavy atom. The zero-order valence-electron chi connectivity index (χ0n) is 15.1. The van der Waals surface area contributed by atoms with Crippen LogP contribution in [0.15, 0.2) is 22.9 Å². The summed E-state index contributed by atoms with van der Waals surface area (Å²) in [4.78, 5) is 12.6. The molecule has 2 aliphatic rings. The maximum atomic E-state index is 11.8. The number of rotatable bonds is 5. The summed E-state index contributed by atoms with van der Waals surface area (Å²) in [6.07, 6.45) is 10.1. The molecule has 6 heteroatoms. The lowest BCUT2D eigenvalue weighted by Gasteiger charge is -2.17. The molecule has 0 fully saturated rings. The van der Waals surface area contributed by atoms with Crippen LogP contribution in [0.1, 0.15) is 41.5 Å². The number of nitrogens with zero attached hydrogens (tertiary/aromatic N) is 2. The van der Waals surface area contributed by atoms with Crippen LogP contribution in [0.5, 0.6) is 0 Å². The predicted octanol–water partition coefficient (Wildman–Crippen LogP) is 3.70. The van der Waals surface area contributed by atoms with Crippen molar-refractivity contribution in [3.63, 3.8) is 0 Å². The van der Waals surface area contributed by atoms with Gasteiger partial charge in [0.15, 0.2) is 0 Å². The van der Waals surface area contributed by atoms with E-state index in [1.54, 1.807) is 0 Å². The van der Waals surface area contributed by atoms with E-state index >= 15 is 0 Å². The number of carbonyl (C=O) groups is 1. The molecule has 0 amide bonds. The molecule has 1 aliphatic heterocycles. The summed E-state index contributed by atoms with van der Waals surface area (Å²) < 4.78 is 7.16. The molecule has 27 heavy (non-hydrogen) atoms. The molecule has 0 saturated carbocycles. The highest BCUT2D eigenvalue weighted by atomic mass is 32.2. The van der Waals surface area contributed by atoms with E-state index < -0.39 is 0 Å². The zero-order valence-corrected chi connectivity index (χ0v) is 16.7. The SMILES string of the molecule is COC(=O)CCn1c(C2CC=CS2)c(-c2ccsc2C#N)c2c1=CCCC=2. The summed E-state index contributed by atoms with van der Waals surface area (Å²) >= 11 is 3.30. The van der Waals surface area contributed by atoms with Gasteiger partial charge in [-0.1, -0.05) is 18.2 Å². The number of esters is 1.